The lowest BCUT2D eigenvalue weighted by atomic mass is 9.98. The molecule has 1 aliphatic heterocycles. The van der Waals surface area contributed by atoms with Crippen LogP contribution in [0, 0.1) is 5.92 Å². The molecule has 1 fully saturated rings. The average Bonchev–Trinajstić information content (AvgIpc) is 2.78. The number of rotatable bonds is 6. The molecule has 1 aliphatic rings. The van der Waals surface area contributed by atoms with Gasteiger partial charge in [-0.15, -0.1) is 0 Å². The van der Waals surface area contributed by atoms with Crippen LogP contribution in [-0.4, -0.2) is 45.9 Å². The van der Waals surface area contributed by atoms with Crippen LogP contribution < -0.4 is 14.8 Å². The number of alkyl halides is 3. The highest BCUT2D eigenvalue weighted by molar-refractivity contribution is 7.89. The molecule has 1 atom stereocenters. The highest BCUT2D eigenvalue weighted by atomic mass is 32.2. The largest absolute Gasteiger partial charge is 0.497 e. The number of methoxy groups -OCH3 is 2. The topological polar surface area (TPSA) is 84.9 Å². The van der Waals surface area contributed by atoms with Crippen LogP contribution in [-0.2, 0) is 21.0 Å². The van der Waals surface area contributed by atoms with Crippen molar-refractivity contribution in [3.63, 3.8) is 0 Å². The molecule has 1 saturated heterocycles. The summed E-state index contributed by atoms with van der Waals surface area (Å²) < 4.78 is 76.1. The van der Waals surface area contributed by atoms with Gasteiger partial charge in [-0.05, 0) is 49.2 Å². The third-order valence-electron chi connectivity index (χ3n) is 5.22. The summed E-state index contributed by atoms with van der Waals surface area (Å²) in [5.41, 5.74) is -0.616. The van der Waals surface area contributed by atoms with E-state index in [1.54, 1.807) is 6.07 Å². The molecule has 2 aromatic rings. The lowest BCUT2D eigenvalue weighted by molar-refractivity contribution is -0.137. The summed E-state index contributed by atoms with van der Waals surface area (Å²) in [5, 5.41) is 2.57. The van der Waals surface area contributed by atoms with Gasteiger partial charge in [0.05, 0.1) is 25.7 Å². The lowest BCUT2D eigenvalue weighted by Crippen LogP contribution is -2.43. The second-order valence-corrected chi connectivity index (χ2v) is 9.19. The number of amides is 1. The van der Waals surface area contributed by atoms with Gasteiger partial charge in [-0.1, -0.05) is 0 Å². The van der Waals surface area contributed by atoms with Crippen LogP contribution in [0.1, 0.15) is 18.4 Å². The first-order valence-electron chi connectivity index (χ1n) is 9.76. The van der Waals surface area contributed by atoms with E-state index in [9.17, 15) is 26.4 Å². The summed E-state index contributed by atoms with van der Waals surface area (Å²) in [5.74, 6) is -0.611. The Bertz CT molecular complexity index is 1070. The van der Waals surface area contributed by atoms with Crippen LogP contribution in [0.4, 0.5) is 18.9 Å². The summed E-state index contributed by atoms with van der Waals surface area (Å²) >= 11 is 0. The highest BCUT2D eigenvalue weighted by Gasteiger charge is 2.35. The third kappa shape index (κ3) is 5.16. The second-order valence-electron chi connectivity index (χ2n) is 7.28. The Balaban J connectivity index is 1.75. The van der Waals surface area contributed by atoms with Crippen molar-refractivity contribution in [3.05, 3.63) is 48.0 Å². The minimum Gasteiger partial charge on any atom is -0.497 e. The van der Waals surface area contributed by atoms with Crippen molar-refractivity contribution < 1.29 is 35.9 Å². The maximum absolute atomic E-state index is 13.2. The average molecular weight is 472 g/mol. The zero-order valence-electron chi connectivity index (χ0n) is 17.5. The van der Waals surface area contributed by atoms with Gasteiger partial charge < -0.3 is 14.8 Å². The molecule has 1 amide bonds. The minimum absolute atomic E-state index is 0.0604. The number of nitrogens with zero attached hydrogens (tertiary/aromatic N) is 1. The molecule has 0 aliphatic carbocycles. The quantitative estimate of drug-likeness (QED) is 0.692. The van der Waals surface area contributed by atoms with E-state index >= 15 is 0 Å². The van der Waals surface area contributed by atoms with E-state index < -0.39 is 33.6 Å². The molecule has 3 rings (SSSR count). The molecule has 2 aromatic carbocycles. The van der Waals surface area contributed by atoms with Gasteiger partial charge in [0.25, 0.3) is 0 Å². The summed E-state index contributed by atoms with van der Waals surface area (Å²) in [6.07, 6.45) is -3.56. The van der Waals surface area contributed by atoms with E-state index in [1.807, 2.05) is 0 Å². The summed E-state index contributed by atoms with van der Waals surface area (Å²) in [4.78, 5) is 12.6. The van der Waals surface area contributed by atoms with Gasteiger partial charge in [0, 0.05) is 24.8 Å². The number of carbonyl (C=O) groups excluding carboxylic acids is 1. The Morgan fingerprint density at radius 1 is 1.09 bits per heavy atom. The van der Waals surface area contributed by atoms with Crippen molar-refractivity contribution in [3.8, 4) is 11.5 Å². The number of halogens is 3. The maximum atomic E-state index is 13.2. The highest BCUT2D eigenvalue weighted by Crippen LogP contribution is 2.33. The number of nitrogens with one attached hydrogen (secondary N) is 1. The number of ether oxygens (including phenoxy) is 2. The fourth-order valence-electron chi connectivity index (χ4n) is 3.49. The molecule has 0 saturated carbocycles. The van der Waals surface area contributed by atoms with Crippen molar-refractivity contribution in [1.29, 1.82) is 0 Å². The predicted molar refractivity (Wildman–Crippen MR) is 111 cm³/mol. The first-order chi connectivity index (χ1) is 15.1. The fourth-order valence-corrected chi connectivity index (χ4v) is 5.18. The van der Waals surface area contributed by atoms with Gasteiger partial charge in [0.1, 0.15) is 16.4 Å². The van der Waals surface area contributed by atoms with Gasteiger partial charge in [-0.2, -0.15) is 17.5 Å². The Kier molecular flexibility index (Phi) is 6.99. The van der Waals surface area contributed by atoms with Gasteiger partial charge in [-0.25, -0.2) is 8.42 Å². The Labute approximate surface area is 184 Å². The van der Waals surface area contributed by atoms with E-state index in [-0.39, 0.29) is 29.4 Å². The number of carbonyl (C=O) groups is 1. The molecule has 0 unspecified atom stereocenters. The molecule has 0 radical (unpaired) electrons. The molecule has 0 bridgehead atoms. The molecule has 1 heterocycles. The molecule has 0 aromatic heterocycles. The zero-order chi connectivity index (χ0) is 23.5. The Hall–Kier alpha value is -2.79. The molecule has 32 heavy (non-hydrogen) atoms. The van der Waals surface area contributed by atoms with E-state index in [0.29, 0.717) is 18.6 Å². The van der Waals surface area contributed by atoms with Gasteiger partial charge in [0.2, 0.25) is 15.9 Å². The standard InChI is InChI=1S/C21H23F3N2O5S/c1-30-17-9-10-18(31-2)19(12-17)32(28,29)26-11-3-4-14(13-26)20(27)25-16-7-5-15(6-8-16)21(22,23)24/h5-10,12,14H,3-4,11,13H2,1-2H3,(H,25,27)/t14-/m1/s1. The molecule has 1 N–H and O–H groups in total. The summed E-state index contributed by atoms with van der Waals surface area (Å²) in [6.45, 7) is 0.169. The SMILES string of the molecule is COc1ccc(OC)c(S(=O)(=O)N2CCC[C@@H](C(=O)Nc3ccc(C(F)(F)F)cc3)C2)c1. The van der Waals surface area contributed by atoms with Crippen LogP contribution in [0.5, 0.6) is 11.5 Å². The number of sulfonamides is 1. The van der Waals surface area contributed by atoms with Crippen LogP contribution in [0.25, 0.3) is 0 Å². The van der Waals surface area contributed by atoms with E-state index in [0.717, 1.165) is 12.1 Å². The molecule has 11 heteroatoms. The van der Waals surface area contributed by atoms with Crippen molar-refractivity contribution in [2.45, 2.75) is 23.9 Å². The number of hydrogen-bond acceptors (Lipinski definition) is 5. The molecular formula is C21H23F3N2O5S. The first-order valence-corrected chi connectivity index (χ1v) is 11.2. The number of hydrogen-bond donors (Lipinski definition) is 1. The van der Waals surface area contributed by atoms with E-state index in [2.05, 4.69) is 5.32 Å². The minimum atomic E-state index is -4.47. The van der Waals surface area contributed by atoms with Crippen molar-refractivity contribution in [2.24, 2.45) is 5.92 Å². The second kappa shape index (κ2) is 9.37. The molecule has 7 nitrogen and oxygen atoms in total. The molecule has 174 valence electrons. The van der Waals surface area contributed by atoms with Gasteiger partial charge >= 0.3 is 6.18 Å². The van der Waals surface area contributed by atoms with Gasteiger partial charge in [-0.3, -0.25) is 4.79 Å². The van der Waals surface area contributed by atoms with E-state index in [1.165, 1.54) is 42.8 Å². The van der Waals surface area contributed by atoms with Crippen LogP contribution in [0.2, 0.25) is 0 Å². The van der Waals surface area contributed by atoms with Crippen molar-refractivity contribution in [1.82, 2.24) is 4.31 Å². The number of benzene rings is 2. The zero-order valence-corrected chi connectivity index (χ0v) is 18.3. The normalized spacial score (nSPS) is 17.6. The lowest BCUT2D eigenvalue weighted by Gasteiger charge is -2.31. The molecule has 0 spiro atoms. The fraction of sp³-hybridized carbons (Fsp3) is 0.381. The van der Waals surface area contributed by atoms with Crippen LogP contribution in [0.15, 0.2) is 47.4 Å². The number of anilines is 1. The monoisotopic (exact) mass is 472 g/mol. The van der Waals surface area contributed by atoms with Gasteiger partial charge in [0.15, 0.2) is 0 Å². The molecular weight excluding hydrogens is 449 g/mol. The third-order valence-corrected chi connectivity index (χ3v) is 7.11. The Morgan fingerprint density at radius 2 is 1.78 bits per heavy atom. The van der Waals surface area contributed by atoms with Crippen molar-refractivity contribution in [2.75, 3.05) is 32.6 Å². The number of piperidine rings is 1. The van der Waals surface area contributed by atoms with Crippen molar-refractivity contribution >= 4 is 21.6 Å². The van der Waals surface area contributed by atoms with E-state index in [4.69, 9.17) is 9.47 Å². The van der Waals surface area contributed by atoms with Crippen LogP contribution >= 0.6 is 0 Å². The predicted octanol–water partition coefficient (Wildman–Crippen LogP) is 3.76. The Morgan fingerprint density at radius 3 is 2.38 bits per heavy atom. The smallest absolute Gasteiger partial charge is 0.416 e. The first kappa shape index (κ1) is 23.9. The van der Waals surface area contributed by atoms with Crippen LogP contribution in [0.3, 0.4) is 0 Å². The maximum Gasteiger partial charge on any atom is 0.416 e. The summed E-state index contributed by atoms with van der Waals surface area (Å²) in [7, 11) is -1.20. The summed E-state index contributed by atoms with van der Waals surface area (Å²) in [6, 6.07) is 8.52.